The Morgan fingerprint density at radius 1 is 0.917 bits per heavy atom. The van der Waals surface area contributed by atoms with E-state index in [0.29, 0.717) is 11.8 Å². The van der Waals surface area contributed by atoms with Crippen LogP contribution in [0.15, 0.2) is 9.05 Å². The van der Waals surface area contributed by atoms with Crippen LogP contribution in [0.25, 0.3) is 0 Å². The molecule has 2 aliphatic rings. The normalized spacial score (nSPS) is 20.4. The van der Waals surface area contributed by atoms with Crippen molar-refractivity contribution >= 4 is 0 Å². The summed E-state index contributed by atoms with van der Waals surface area (Å²) in [6, 6.07) is 0. The van der Waals surface area contributed by atoms with Crippen LogP contribution in [0.1, 0.15) is 55.5 Å². The van der Waals surface area contributed by atoms with E-state index in [9.17, 15) is 0 Å². The number of aryl methyl sites for hydroxylation is 1. The highest BCUT2D eigenvalue weighted by Crippen LogP contribution is 2.38. The summed E-state index contributed by atoms with van der Waals surface area (Å²) in [5, 5.41) is 8.15. The van der Waals surface area contributed by atoms with E-state index in [-0.39, 0.29) is 0 Å². The molecule has 0 aromatic carbocycles. The summed E-state index contributed by atoms with van der Waals surface area (Å²) < 4.78 is 10.6. The van der Waals surface area contributed by atoms with Gasteiger partial charge >= 0.3 is 0 Å². The van der Waals surface area contributed by atoms with Crippen molar-refractivity contribution in [3.8, 4) is 0 Å². The van der Waals surface area contributed by atoms with Crippen molar-refractivity contribution in [1.29, 1.82) is 0 Å². The highest BCUT2D eigenvalue weighted by molar-refractivity contribution is 5.03. The first-order valence-corrected chi connectivity index (χ1v) is 8.89. The molecule has 0 atom stereocenters. The molecule has 2 aromatic rings. The van der Waals surface area contributed by atoms with Crippen molar-refractivity contribution in [2.24, 2.45) is 0 Å². The summed E-state index contributed by atoms with van der Waals surface area (Å²) in [4.78, 5) is 13.7. The lowest BCUT2D eigenvalue weighted by Crippen LogP contribution is -2.30. The van der Waals surface area contributed by atoms with Crippen LogP contribution >= 0.6 is 0 Å². The third-order valence-electron chi connectivity index (χ3n) is 4.64. The Kier molecular flexibility index (Phi) is 4.57. The smallest absolute Gasteiger partial charge is 0.240 e. The predicted octanol–water partition coefficient (Wildman–Crippen LogP) is 1.60. The molecule has 0 spiro atoms. The van der Waals surface area contributed by atoms with Crippen LogP contribution in [0.3, 0.4) is 0 Å². The van der Waals surface area contributed by atoms with Crippen LogP contribution in [0.5, 0.6) is 0 Å². The van der Waals surface area contributed by atoms with Crippen molar-refractivity contribution in [3.05, 3.63) is 23.4 Å². The third kappa shape index (κ3) is 3.81. The summed E-state index contributed by atoms with van der Waals surface area (Å²) in [5.74, 6) is 3.68. The van der Waals surface area contributed by atoms with E-state index in [1.807, 2.05) is 6.92 Å². The van der Waals surface area contributed by atoms with Gasteiger partial charge in [-0.05, 0) is 32.4 Å². The molecule has 130 valence electrons. The quantitative estimate of drug-likeness (QED) is 0.788. The SMILES string of the molecule is CCc1nc(CN2CCCN(Cc3nc(C4CC4)no3)CC2)no1. The Bertz CT molecular complexity index is 665. The van der Waals surface area contributed by atoms with E-state index in [2.05, 4.69) is 30.1 Å². The molecule has 1 aliphatic heterocycles. The summed E-state index contributed by atoms with van der Waals surface area (Å²) in [6.45, 7) is 7.58. The number of hydrogen-bond acceptors (Lipinski definition) is 8. The topological polar surface area (TPSA) is 84.3 Å². The molecule has 4 rings (SSSR count). The van der Waals surface area contributed by atoms with Gasteiger partial charge in [0.1, 0.15) is 0 Å². The van der Waals surface area contributed by atoms with E-state index in [0.717, 1.165) is 69.6 Å². The van der Waals surface area contributed by atoms with E-state index in [1.165, 1.54) is 12.8 Å². The second kappa shape index (κ2) is 6.98. The molecule has 1 saturated heterocycles. The summed E-state index contributed by atoms with van der Waals surface area (Å²) >= 11 is 0. The van der Waals surface area contributed by atoms with Gasteiger partial charge in [-0.2, -0.15) is 9.97 Å². The Morgan fingerprint density at radius 2 is 1.67 bits per heavy atom. The van der Waals surface area contributed by atoms with Gasteiger partial charge < -0.3 is 9.05 Å². The van der Waals surface area contributed by atoms with Gasteiger partial charge in [-0.1, -0.05) is 17.2 Å². The molecule has 1 aliphatic carbocycles. The van der Waals surface area contributed by atoms with E-state index in [1.54, 1.807) is 0 Å². The largest absolute Gasteiger partial charge is 0.339 e. The van der Waals surface area contributed by atoms with Crippen LogP contribution in [0.4, 0.5) is 0 Å². The zero-order chi connectivity index (χ0) is 16.4. The molecule has 0 bridgehead atoms. The van der Waals surface area contributed by atoms with E-state index >= 15 is 0 Å². The van der Waals surface area contributed by atoms with Crippen LogP contribution < -0.4 is 0 Å². The number of hydrogen-bond donors (Lipinski definition) is 0. The van der Waals surface area contributed by atoms with Crippen molar-refractivity contribution in [3.63, 3.8) is 0 Å². The van der Waals surface area contributed by atoms with Gasteiger partial charge in [0.05, 0.1) is 13.1 Å². The molecule has 8 heteroatoms. The highest BCUT2D eigenvalue weighted by Gasteiger charge is 2.29. The van der Waals surface area contributed by atoms with Gasteiger partial charge in [0.15, 0.2) is 11.6 Å². The van der Waals surface area contributed by atoms with Crippen molar-refractivity contribution in [1.82, 2.24) is 30.1 Å². The lowest BCUT2D eigenvalue weighted by molar-refractivity contribution is 0.219. The first kappa shape index (κ1) is 15.7. The van der Waals surface area contributed by atoms with Crippen LogP contribution in [0, 0.1) is 0 Å². The van der Waals surface area contributed by atoms with Gasteiger partial charge in [-0.3, -0.25) is 9.80 Å². The van der Waals surface area contributed by atoms with Crippen LogP contribution in [-0.2, 0) is 19.5 Å². The summed E-state index contributed by atoms with van der Waals surface area (Å²) in [5.41, 5.74) is 0. The second-order valence-electron chi connectivity index (χ2n) is 6.68. The first-order valence-electron chi connectivity index (χ1n) is 8.89. The summed E-state index contributed by atoms with van der Waals surface area (Å²) in [7, 11) is 0. The zero-order valence-electron chi connectivity index (χ0n) is 14.1. The number of rotatable bonds is 6. The van der Waals surface area contributed by atoms with E-state index in [4.69, 9.17) is 9.05 Å². The maximum Gasteiger partial charge on any atom is 0.240 e. The lowest BCUT2D eigenvalue weighted by atomic mass is 10.3. The third-order valence-corrected chi connectivity index (χ3v) is 4.64. The molecular formula is C16H24N6O2. The average Bonchev–Trinajstić information content (AvgIpc) is 3.23. The fourth-order valence-corrected chi connectivity index (χ4v) is 3.07. The minimum atomic E-state index is 0.546. The summed E-state index contributed by atoms with van der Waals surface area (Å²) in [6.07, 6.45) is 4.30. The zero-order valence-corrected chi connectivity index (χ0v) is 14.1. The van der Waals surface area contributed by atoms with Crippen molar-refractivity contribution in [2.45, 2.75) is 51.6 Å². The Balaban J connectivity index is 1.28. The van der Waals surface area contributed by atoms with E-state index < -0.39 is 0 Å². The molecule has 2 fully saturated rings. The van der Waals surface area contributed by atoms with Gasteiger partial charge in [0, 0.05) is 25.4 Å². The minimum absolute atomic E-state index is 0.546. The predicted molar refractivity (Wildman–Crippen MR) is 85.1 cm³/mol. The Morgan fingerprint density at radius 3 is 2.38 bits per heavy atom. The first-order chi connectivity index (χ1) is 11.8. The maximum atomic E-state index is 5.40. The molecule has 0 unspecified atom stereocenters. The van der Waals surface area contributed by atoms with Gasteiger partial charge in [-0.25, -0.2) is 0 Å². The molecule has 0 radical (unpaired) electrons. The fourth-order valence-electron chi connectivity index (χ4n) is 3.07. The van der Waals surface area contributed by atoms with Crippen molar-refractivity contribution in [2.75, 3.05) is 26.2 Å². The monoisotopic (exact) mass is 332 g/mol. The molecule has 3 heterocycles. The number of nitrogens with zero attached hydrogens (tertiary/aromatic N) is 6. The van der Waals surface area contributed by atoms with Gasteiger partial charge in [0.25, 0.3) is 0 Å². The molecule has 0 amide bonds. The van der Waals surface area contributed by atoms with Crippen LogP contribution in [-0.4, -0.2) is 56.3 Å². The van der Waals surface area contributed by atoms with Crippen LogP contribution in [0.2, 0.25) is 0 Å². The lowest BCUT2D eigenvalue weighted by Gasteiger charge is -2.19. The highest BCUT2D eigenvalue weighted by atomic mass is 16.5. The average molecular weight is 332 g/mol. The second-order valence-corrected chi connectivity index (χ2v) is 6.68. The molecular weight excluding hydrogens is 308 g/mol. The van der Waals surface area contributed by atoms with Crippen molar-refractivity contribution < 1.29 is 9.05 Å². The van der Waals surface area contributed by atoms with Gasteiger partial charge in [-0.15, -0.1) is 0 Å². The molecule has 8 nitrogen and oxygen atoms in total. The molecule has 2 aromatic heterocycles. The molecule has 0 N–H and O–H groups in total. The molecule has 24 heavy (non-hydrogen) atoms. The minimum Gasteiger partial charge on any atom is -0.339 e. The maximum absolute atomic E-state index is 5.40. The van der Waals surface area contributed by atoms with Gasteiger partial charge in [0.2, 0.25) is 11.8 Å². The number of aromatic nitrogens is 4. The molecule has 1 saturated carbocycles. The standard InChI is InChI=1S/C16H24N6O2/c1-2-14-17-13(19-23-14)10-21-6-3-7-22(9-8-21)11-15-18-16(20-24-15)12-4-5-12/h12H,2-11H2,1H3. The Hall–Kier alpha value is -1.80. The fraction of sp³-hybridized carbons (Fsp3) is 0.750. The Labute approximate surface area is 141 Å².